The summed E-state index contributed by atoms with van der Waals surface area (Å²) in [6, 6.07) is 3.17. The molecular weight excluding hydrogens is 239 g/mol. The van der Waals surface area contributed by atoms with E-state index in [1.54, 1.807) is 6.92 Å². The Labute approximate surface area is 106 Å². The number of halogens is 3. The van der Waals surface area contributed by atoms with Gasteiger partial charge in [-0.05, 0) is 61.9 Å². The predicted octanol–water partition coefficient (Wildman–Crippen LogP) is 3.86. The smallest absolute Gasteiger partial charge is 0.330 e. The molecule has 0 radical (unpaired) electrons. The van der Waals surface area contributed by atoms with Crippen LogP contribution in [-0.2, 0) is 19.0 Å². The summed E-state index contributed by atoms with van der Waals surface area (Å²) in [4.78, 5) is 0. The minimum Gasteiger partial charge on any atom is -0.330 e. The van der Waals surface area contributed by atoms with Crippen LogP contribution in [-0.4, -0.2) is 6.54 Å². The second kappa shape index (κ2) is 6.23. The van der Waals surface area contributed by atoms with Crippen molar-refractivity contribution in [2.45, 2.75) is 45.7 Å². The number of alkyl halides is 3. The van der Waals surface area contributed by atoms with E-state index in [0.29, 0.717) is 24.9 Å². The number of aryl methyl sites for hydroxylation is 2. The predicted molar refractivity (Wildman–Crippen MR) is 67.6 cm³/mol. The van der Waals surface area contributed by atoms with E-state index in [0.717, 1.165) is 24.0 Å². The Bertz CT molecular complexity index is 397. The summed E-state index contributed by atoms with van der Waals surface area (Å²) in [6.07, 6.45) is -1.30. The molecule has 0 saturated carbocycles. The highest BCUT2D eigenvalue weighted by Crippen LogP contribution is 2.34. The van der Waals surface area contributed by atoms with Gasteiger partial charge in [0, 0.05) is 0 Å². The molecule has 0 aliphatic rings. The second-order valence-corrected chi connectivity index (χ2v) is 4.52. The Morgan fingerprint density at radius 1 is 1.17 bits per heavy atom. The molecule has 0 amide bonds. The molecule has 4 heteroatoms. The largest absolute Gasteiger partial charge is 0.416 e. The Morgan fingerprint density at radius 2 is 1.83 bits per heavy atom. The van der Waals surface area contributed by atoms with Gasteiger partial charge in [0.25, 0.3) is 0 Å². The number of hydrogen-bond acceptors (Lipinski definition) is 1. The van der Waals surface area contributed by atoms with Gasteiger partial charge in [-0.2, -0.15) is 13.2 Å². The molecule has 0 atom stereocenters. The molecule has 0 heterocycles. The molecule has 1 aromatic carbocycles. The van der Waals surface area contributed by atoms with Gasteiger partial charge in [-0.15, -0.1) is 0 Å². The van der Waals surface area contributed by atoms with Crippen LogP contribution in [0, 0.1) is 6.92 Å². The van der Waals surface area contributed by atoms with E-state index < -0.39 is 11.7 Å². The van der Waals surface area contributed by atoms with E-state index >= 15 is 0 Å². The fourth-order valence-corrected chi connectivity index (χ4v) is 2.12. The zero-order chi connectivity index (χ0) is 13.8. The average molecular weight is 259 g/mol. The average Bonchev–Trinajstić information content (AvgIpc) is 2.29. The van der Waals surface area contributed by atoms with Crippen molar-refractivity contribution in [1.82, 2.24) is 0 Å². The van der Waals surface area contributed by atoms with E-state index in [1.807, 2.05) is 13.0 Å². The molecule has 0 saturated heterocycles. The molecule has 102 valence electrons. The summed E-state index contributed by atoms with van der Waals surface area (Å²) in [5, 5.41) is 0. The van der Waals surface area contributed by atoms with Crippen LogP contribution in [0.5, 0.6) is 0 Å². The first-order valence-electron chi connectivity index (χ1n) is 6.29. The summed E-state index contributed by atoms with van der Waals surface area (Å²) in [5.41, 5.74) is 6.80. The monoisotopic (exact) mass is 259 g/mol. The fourth-order valence-electron chi connectivity index (χ4n) is 2.12. The Hall–Kier alpha value is -1.03. The second-order valence-electron chi connectivity index (χ2n) is 4.52. The van der Waals surface area contributed by atoms with E-state index in [9.17, 15) is 13.2 Å². The highest BCUT2D eigenvalue weighted by atomic mass is 19.4. The summed E-state index contributed by atoms with van der Waals surface area (Å²) < 4.78 is 38.7. The van der Waals surface area contributed by atoms with Crippen molar-refractivity contribution in [3.8, 4) is 0 Å². The maximum Gasteiger partial charge on any atom is 0.416 e. The van der Waals surface area contributed by atoms with Crippen molar-refractivity contribution in [2.75, 3.05) is 6.54 Å². The first-order valence-corrected chi connectivity index (χ1v) is 6.29. The van der Waals surface area contributed by atoms with Crippen LogP contribution >= 0.6 is 0 Å². The maximum atomic E-state index is 12.9. The summed E-state index contributed by atoms with van der Waals surface area (Å²) in [7, 11) is 0. The van der Waals surface area contributed by atoms with Crippen molar-refractivity contribution in [3.63, 3.8) is 0 Å². The van der Waals surface area contributed by atoms with Gasteiger partial charge >= 0.3 is 6.18 Å². The van der Waals surface area contributed by atoms with E-state index in [1.165, 1.54) is 6.07 Å². The van der Waals surface area contributed by atoms with E-state index in [2.05, 4.69) is 0 Å². The van der Waals surface area contributed by atoms with Crippen molar-refractivity contribution < 1.29 is 13.2 Å². The lowest BCUT2D eigenvalue weighted by molar-refractivity contribution is -0.138. The lowest BCUT2D eigenvalue weighted by Gasteiger charge is -2.16. The molecule has 0 aliphatic heterocycles. The third-order valence-electron chi connectivity index (χ3n) is 3.18. The molecular formula is C14H20F3N. The highest BCUT2D eigenvalue weighted by Gasteiger charge is 2.33. The zero-order valence-corrected chi connectivity index (χ0v) is 10.9. The third kappa shape index (κ3) is 3.73. The number of rotatable bonds is 5. The first-order chi connectivity index (χ1) is 8.40. The van der Waals surface area contributed by atoms with Crippen molar-refractivity contribution in [3.05, 3.63) is 34.4 Å². The summed E-state index contributed by atoms with van der Waals surface area (Å²) in [5.74, 6) is 0. The lowest BCUT2D eigenvalue weighted by Crippen LogP contribution is -2.10. The van der Waals surface area contributed by atoms with Crippen molar-refractivity contribution >= 4 is 0 Å². The van der Waals surface area contributed by atoms with Gasteiger partial charge in [-0.25, -0.2) is 0 Å². The van der Waals surface area contributed by atoms with Gasteiger partial charge in [0.1, 0.15) is 0 Å². The molecule has 1 nitrogen and oxygen atoms in total. The van der Waals surface area contributed by atoms with E-state index in [-0.39, 0.29) is 0 Å². The van der Waals surface area contributed by atoms with Gasteiger partial charge in [0.2, 0.25) is 0 Å². The molecule has 1 rings (SSSR count). The number of nitrogens with two attached hydrogens (primary N) is 1. The maximum absolute atomic E-state index is 12.9. The van der Waals surface area contributed by atoms with Crippen LogP contribution in [0.25, 0.3) is 0 Å². The van der Waals surface area contributed by atoms with Gasteiger partial charge in [-0.3, -0.25) is 0 Å². The van der Waals surface area contributed by atoms with Gasteiger partial charge in [0.05, 0.1) is 5.56 Å². The number of benzene rings is 1. The topological polar surface area (TPSA) is 26.0 Å². The van der Waals surface area contributed by atoms with Gasteiger partial charge in [0.15, 0.2) is 0 Å². The van der Waals surface area contributed by atoms with Gasteiger partial charge < -0.3 is 5.73 Å². The SMILES string of the molecule is CCc1cc(CCCCN)cc(C(F)(F)F)c1C. The van der Waals surface area contributed by atoms with E-state index in [4.69, 9.17) is 5.73 Å². The molecule has 0 aliphatic carbocycles. The first kappa shape index (κ1) is 15.0. The highest BCUT2D eigenvalue weighted by molar-refractivity contribution is 5.40. The standard InChI is InChI=1S/C14H20F3N/c1-3-12-8-11(6-4-5-7-18)9-13(10(12)2)14(15,16)17/h8-9H,3-7,18H2,1-2H3. The van der Waals surface area contributed by atoms with Crippen LogP contribution in [0.15, 0.2) is 12.1 Å². The molecule has 0 spiro atoms. The Balaban J connectivity index is 3.06. The summed E-state index contributed by atoms with van der Waals surface area (Å²) >= 11 is 0. The molecule has 1 aromatic rings. The molecule has 0 aromatic heterocycles. The Morgan fingerprint density at radius 3 is 2.33 bits per heavy atom. The minimum absolute atomic E-state index is 0.354. The van der Waals surface area contributed by atoms with Crippen LogP contribution in [0.4, 0.5) is 13.2 Å². The van der Waals surface area contributed by atoms with Crippen molar-refractivity contribution in [2.24, 2.45) is 5.73 Å². The fraction of sp³-hybridized carbons (Fsp3) is 0.571. The molecule has 0 bridgehead atoms. The van der Waals surface area contributed by atoms with Crippen LogP contribution in [0.1, 0.15) is 42.0 Å². The van der Waals surface area contributed by atoms with Gasteiger partial charge in [-0.1, -0.05) is 13.0 Å². The van der Waals surface area contributed by atoms with Crippen LogP contribution in [0.2, 0.25) is 0 Å². The number of hydrogen-bond donors (Lipinski definition) is 1. The molecule has 0 fully saturated rings. The quantitative estimate of drug-likeness (QED) is 0.798. The summed E-state index contributed by atoms with van der Waals surface area (Å²) in [6.45, 7) is 4.01. The molecule has 2 N–H and O–H groups in total. The lowest BCUT2D eigenvalue weighted by atomic mass is 9.94. The molecule has 18 heavy (non-hydrogen) atoms. The zero-order valence-electron chi connectivity index (χ0n) is 10.9. The minimum atomic E-state index is -4.27. The van der Waals surface area contributed by atoms with Crippen LogP contribution < -0.4 is 5.73 Å². The third-order valence-corrected chi connectivity index (χ3v) is 3.18. The number of unbranched alkanes of at least 4 members (excludes halogenated alkanes) is 1. The Kier molecular flexibility index (Phi) is 5.20. The van der Waals surface area contributed by atoms with Crippen LogP contribution in [0.3, 0.4) is 0 Å². The normalized spacial score (nSPS) is 11.9. The van der Waals surface area contributed by atoms with Crippen molar-refractivity contribution in [1.29, 1.82) is 0 Å². The molecule has 0 unspecified atom stereocenters.